The third kappa shape index (κ3) is 4.70. The van der Waals surface area contributed by atoms with Gasteiger partial charge in [-0.15, -0.1) is 0 Å². The fraction of sp³-hybridized carbons (Fsp3) is 0.435. The number of hydrogen-bond acceptors (Lipinski definition) is 7. The minimum atomic E-state index is -0.135. The number of rotatable bonds is 6. The third-order valence-electron chi connectivity index (χ3n) is 5.57. The smallest absolute Gasteiger partial charge is 0.225 e. The molecule has 1 saturated heterocycles. The van der Waals surface area contributed by atoms with Crippen LogP contribution in [0.3, 0.4) is 0 Å². The molecular formula is C23H30N6O2. The number of methoxy groups -OCH3 is 1. The van der Waals surface area contributed by atoms with Gasteiger partial charge in [-0.05, 0) is 24.6 Å². The molecule has 31 heavy (non-hydrogen) atoms. The molecule has 0 N–H and O–H groups in total. The van der Waals surface area contributed by atoms with Crippen molar-refractivity contribution in [2.45, 2.75) is 19.6 Å². The van der Waals surface area contributed by atoms with Gasteiger partial charge in [0.1, 0.15) is 11.9 Å². The summed E-state index contributed by atoms with van der Waals surface area (Å²) in [4.78, 5) is 13.8. The van der Waals surface area contributed by atoms with Gasteiger partial charge in [0.2, 0.25) is 5.95 Å². The van der Waals surface area contributed by atoms with E-state index in [1.54, 1.807) is 7.11 Å². The largest absolute Gasteiger partial charge is 0.497 e. The molecule has 1 aliphatic rings. The van der Waals surface area contributed by atoms with Gasteiger partial charge < -0.3 is 14.4 Å². The molecule has 164 valence electrons. The van der Waals surface area contributed by atoms with Crippen LogP contribution >= 0.6 is 0 Å². The van der Waals surface area contributed by atoms with Crippen LogP contribution in [0.1, 0.15) is 23.1 Å². The van der Waals surface area contributed by atoms with Crippen molar-refractivity contribution in [1.29, 1.82) is 0 Å². The number of aryl methyl sites for hydroxylation is 2. The van der Waals surface area contributed by atoms with Crippen LogP contribution in [0.25, 0.3) is 11.1 Å². The summed E-state index contributed by atoms with van der Waals surface area (Å²) < 4.78 is 13.4. The Morgan fingerprint density at radius 2 is 2.00 bits per heavy atom. The molecule has 0 spiro atoms. The Morgan fingerprint density at radius 3 is 2.65 bits per heavy atom. The normalized spacial score (nSPS) is 17.0. The topological polar surface area (TPSA) is 68.5 Å². The van der Waals surface area contributed by atoms with E-state index in [9.17, 15) is 0 Å². The van der Waals surface area contributed by atoms with Crippen molar-refractivity contribution in [3.8, 4) is 16.9 Å². The van der Waals surface area contributed by atoms with Gasteiger partial charge in [-0.3, -0.25) is 9.58 Å². The first-order chi connectivity index (χ1) is 14.9. The van der Waals surface area contributed by atoms with E-state index < -0.39 is 0 Å². The standard InChI is InChI=1S/C23H30N6O2/c1-16-18(13-28(4)26-16)14-29-10-11-31-21(15-29)22-20(12-24-23(25-22)27(2)3)17-6-8-19(30-5)9-7-17/h6-9,12-13,21H,10-11,14-15H2,1-5H3. The lowest BCUT2D eigenvalue weighted by molar-refractivity contribution is -0.0347. The van der Waals surface area contributed by atoms with Gasteiger partial charge in [0.05, 0.1) is 25.1 Å². The van der Waals surface area contributed by atoms with Crippen LogP contribution in [0.5, 0.6) is 5.75 Å². The summed E-state index contributed by atoms with van der Waals surface area (Å²) in [6.07, 6.45) is 3.86. The Balaban J connectivity index is 1.64. The van der Waals surface area contributed by atoms with Crippen molar-refractivity contribution in [1.82, 2.24) is 24.6 Å². The molecule has 4 rings (SSSR count). The lowest BCUT2D eigenvalue weighted by Crippen LogP contribution is -2.38. The number of hydrogen-bond donors (Lipinski definition) is 0. The molecule has 3 aromatic rings. The van der Waals surface area contributed by atoms with Crippen LogP contribution in [-0.4, -0.2) is 65.5 Å². The molecule has 1 unspecified atom stereocenters. The van der Waals surface area contributed by atoms with Gasteiger partial charge in [0.25, 0.3) is 0 Å². The molecule has 1 aromatic carbocycles. The van der Waals surface area contributed by atoms with Crippen LogP contribution in [-0.2, 0) is 18.3 Å². The summed E-state index contributed by atoms with van der Waals surface area (Å²) in [6.45, 7) is 5.22. The first-order valence-corrected chi connectivity index (χ1v) is 10.5. The second-order valence-corrected chi connectivity index (χ2v) is 8.10. The highest BCUT2D eigenvalue weighted by Gasteiger charge is 2.27. The Kier molecular flexibility index (Phi) is 6.20. The zero-order chi connectivity index (χ0) is 22.0. The van der Waals surface area contributed by atoms with Crippen LogP contribution < -0.4 is 9.64 Å². The van der Waals surface area contributed by atoms with E-state index in [4.69, 9.17) is 14.5 Å². The summed E-state index contributed by atoms with van der Waals surface area (Å²) in [5, 5.41) is 4.48. The van der Waals surface area contributed by atoms with E-state index in [1.807, 2.05) is 61.2 Å². The number of anilines is 1. The quantitative estimate of drug-likeness (QED) is 0.605. The fourth-order valence-electron chi connectivity index (χ4n) is 3.90. The maximum atomic E-state index is 6.21. The van der Waals surface area contributed by atoms with Crippen LogP contribution in [0.4, 0.5) is 5.95 Å². The van der Waals surface area contributed by atoms with Crippen molar-refractivity contribution < 1.29 is 9.47 Å². The molecule has 8 nitrogen and oxygen atoms in total. The lowest BCUT2D eigenvalue weighted by Gasteiger charge is -2.33. The Bertz CT molecular complexity index is 1030. The maximum absolute atomic E-state index is 6.21. The zero-order valence-corrected chi connectivity index (χ0v) is 18.9. The molecule has 0 radical (unpaired) electrons. The highest BCUT2D eigenvalue weighted by Crippen LogP contribution is 2.32. The van der Waals surface area contributed by atoms with E-state index >= 15 is 0 Å². The summed E-state index contributed by atoms with van der Waals surface area (Å²) >= 11 is 0. The van der Waals surface area contributed by atoms with E-state index in [-0.39, 0.29) is 6.10 Å². The van der Waals surface area contributed by atoms with E-state index in [0.29, 0.717) is 12.6 Å². The van der Waals surface area contributed by atoms with Gasteiger partial charge in [-0.2, -0.15) is 5.10 Å². The van der Waals surface area contributed by atoms with Crippen molar-refractivity contribution in [2.24, 2.45) is 7.05 Å². The van der Waals surface area contributed by atoms with Crippen molar-refractivity contribution in [3.63, 3.8) is 0 Å². The Hall–Kier alpha value is -2.97. The summed E-state index contributed by atoms with van der Waals surface area (Å²) in [5.74, 6) is 1.50. The fourth-order valence-corrected chi connectivity index (χ4v) is 3.90. The van der Waals surface area contributed by atoms with E-state index in [1.165, 1.54) is 5.56 Å². The molecule has 0 aliphatic carbocycles. The maximum Gasteiger partial charge on any atom is 0.225 e. The first kappa shape index (κ1) is 21.3. The second kappa shape index (κ2) is 9.03. The predicted octanol–water partition coefficient (Wildman–Crippen LogP) is 2.83. The van der Waals surface area contributed by atoms with Gasteiger partial charge in [0.15, 0.2) is 0 Å². The number of benzene rings is 1. The third-order valence-corrected chi connectivity index (χ3v) is 5.57. The molecule has 0 saturated carbocycles. The number of morpholine rings is 1. The minimum Gasteiger partial charge on any atom is -0.497 e. The Morgan fingerprint density at radius 1 is 1.23 bits per heavy atom. The molecule has 0 bridgehead atoms. The molecule has 3 heterocycles. The van der Waals surface area contributed by atoms with Crippen molar-refractivity contribution in [2.75, 3.05) is 45.8 Å². The van der Waals surface area contributed by atoms with Crippen LogP contribution in [0.15, 0.2) is 36.7 Å². The summed E-state index contributed by atoms with van der Waals surface area (Å²) in [7, 11) is 7.53. The predicted molar refractivity (Wildman–Crippen MR) is 120 cm³/mol. The van der Waals surface area contributed by atoms with E-state index in [0.717, 1.165) is 47.9 Å². The van der Waals surface area contributed by atoms with Crippen molar-refractivity contribution >= 4 is 5.95 Å². The minimum absolute atomic E-state index is 0.135. The second-order valence-electron chi connectivity index (χ2n) is 8.10. The number of aromatic nitrogens is 4. The molecule has 8 heteroatoms. The van der Waals surface area contributed by atoms with Crippen LogP contribution in [0.2, 0.25) is 0 Å². The molecule has 1 aliphatic heterocycles. The number of ether oxygens (including phenoxy) is 2. The molecular weight excluding hydrogens is 392 g/mol. The van der Waals surface area contributed by atoms with Gasteiger partial charge >= 0.3 is 0 Å². The zero-order valence-electron chi connectivity index (χ0n) is 18.9. The van der Waals surface area contributed by atoms with Gasteiger partial charge in [-0.25, -0.2) is 9.97 Å². The van der Waals surface area contributed by atoms with E-state index in [2.05, 4.69) is 28.1 Å². The molecule has 2 aromatic heterocycles. The number of nitrogens with zero attached hydrogens (tertiary/aromatic N) is 6. The monoisotopic (exact) mass is 422 g/mol. The first-order valence-electron chi connectivity index (χ1n) is 10.5. The SMILES string of the molecule is COc1ccc(-c2cnc(N(C)C)nc2C2CN(Cc3cn(C)nc3C)CCO2)cc1. The lowest BCUT2D eigenvalue weighted by atomic mass is 10.0. The van der Waals surface area contributed by atoms with Crippen LogP contribution in [0, 0.1) is 6.92 Å². The molecule has 0 amide bonds. The van der Waals surface area contributed by atoms with Gasteiger partial charge in [0, 0.05) is 64.3 Å². The average Bonchev–Trinajstić information content (AvgIpc) is 3.10. The highest BCUT2D eigenvalue weighted by atomic mass is 16.5. The summed E-state index contributed by atoms with van der Waals surface area (Å²) in [5.41, 5.74) is 5.26. The van der Waals surface area contributed by atoms with Crippen molar-refractivity contribution in [3.05, 3.63) is 53.6 Å². The Labute approximate surface area is 183 Å². The molecule has 1 atom stereocenters. The molecule has 1 fully saturated rings. The van der Waals surface area contributed by atoms with Gasteiger partial charge in [-0.1, -0.05) is 12.1 Å². The highest BCUT2D eigenvalue weighted by molar-refractivity contribution is 5.67. The summed E-state index contributed by atoms with van der Waals surface area (Å²) in [6, 6.07) is 7.99. The average molecular weight is 423 g/mol.